The maximum atomic E-state index is 14.5. The van der Waals surface area contributed by atoms with E-state index in [1.807, 2.05) is 43.3 Å². The Morgan fingerprint density at radius 2 is 1.56 bits per heavy atom. The van der Waals surface area contributed by atoms with Crippen LogP contribution in [0.15, 0.2) is 101 Å². The first-order valence-corrected chi connectivity index (χ1v) is 12.2. The van der Waals surface area contributed by atoms with Crippen LogP contribution in [-0.4, -0.2) is 11.7 Å². The third-order valence-corrected chi connectivity index (χ3v) is 7.24. The molecule has 0 radical (unpaired) electrons. The number of hydrogen-bond acceptors (Lipinski definition) is 3. The van der Waals surface area contributed by atoms with Crippen molar-refractivity contribution in [2.24, 2.45) is 0 Å². The third kappa shape index (κ3) is 3.59. The van der Waals surface area contributed by atoms with Gasteiger partial charge in [0.2, 0.25) is 0 Å². The molecule has 2 N–H and O–H groups in total. The Morgan fingerprint density at radius 3 is 2.25 bits per heavy atom. The number of amides is 1. The SMILES string of the molecule is CC1=C(C(=O)Nc2ccccc2F)C(c2c3ccccc3cc3ccccc23)C2=C(CCCC2=O)N1. The number of fused-ring (bicyclic) bond motifs is 2. The van der Waals surface area contributed by atoms with Gasteiger partial charge in [0, 0.05) is 34.9 Å². The van der Waals surface area contributed by atoms with Crippen LogP contribution in [0.1, 0.15) is 37.7 Å². The quantitative estimate of drug-likeness (QED) is 0.322. The fourth-order valence-corrected chi connectivity index (χ4v) is 5.69. The van der Waals surface area contributed by atoms with E-state index >= 15 is 0 Å². The van der Waals surface area contributed by atoms with Crippen LogP contribution in [-0.2, 0) is 9.59 Å². The third-order valence-electron chi connectivity index (χ3n) is 7.24. The zero-order chi connectivity index (χ0) is 24.8. The zero-order valence-electron chi connectivity index (χ0n) is 19.9. The number of allylic oxidation sites excluding steroid dienone is 3. The van der Waals surface area contributed by atoms with Crippen molar-refractivity contribution in [1.29, 1.82) is 0 Å². The summed E-state index contributed by atoms with van der Waals surface area (Å²) in [6.45, 7) is 1.86. The van der Waals surface area contributed by atoms with Gasteiger partial charge in [-0.2, -0.15) is 0 Å². The number of Topliss-reactive ketones (excluding diaryl/α,β-unsaturated/α-hetero) is 1. The smallest absolute Gasteiger partial charge is 0.254 e. The maximum absolute atomic E-state index is 14.5. The highest BCUT2D eigenvalue weighted by molar-refractivity contribution is 6.13. The fourth-order valence-electron chi connectivity index (χ4n) is 5.69. The molecule has 1 aliphatic heterocycles. The summed E-state index contributed by atoms with van der Waals surface area (Å²) >= 11 is 0. The highest BCUT2D eigenvalue weighted by atomic mass is 19.1. The monoisotopic (exact) mass is 476 g/mol. The molecule has 4 aromatic carbocycles. The van der Waals surface area contributed by atoms with Gasteiger partial charge in [-0.15, -0.1) is 0 Å². The number of ketones is 1. The van der Waals surface area contributed by atoms with E-state index in [0.717, 1.165) is 45.6 Å². The number of halogens is 1. The van der Waals surface area contributed by atoms with Crippen molar-refractivity contribution in [3.05, 3.63) is 113 Å². The Bertz CT molecular complexity index is 1580. The van der Waals surface area contributed by atoms with Gasteiger partial charge in [0.25, 0.3) is 5.91 Å². The predicted molar refractivity (Wildman–Crippen MR) is 141 cm³/mol. The van der Waals surface area contributed by atoms with E-state index in [-0.39, 0.29) is 11.5 Å². The van der Waals surface area contributed by atoms with Crippen molar-refractivity contribution < 1.29 is 14.0 Å². The lowest BCUT2D eigenvalue weighted by Crippen LogP contribution is -2.35. The number of para-hydroxylation sites is 1. The molecule has 36 heavy (non-hydrogen) atoms. The van der Waals surface area contributed by atoms with Crippen molar-refractivity contribution in [3.63, 3.8) is 0 Å². The van der Waals surface area contributed by atoms with Crippen LogP contribution in [0.3, 0.4) is 0 Å². The van der Waals surface area contributed by atoms with E-state index in [9.17, 15) is 14.0 Å². The summed E-state index contributed by atoms with van der Waals surface area (Å²) < 4.78 is 14.5. The molecule has 1 aliphatic carbocycles. The number of hydrogen-bond donors (Lipinski definition) is 2. The van der Waals surface area contributed by atoms with Gasteiger partial charge >= 0.3 is 0 Å². The summed E-state index contributed by atoms with van der Waals surface area (Å²) in [5, 5.41) is 10.2. The van der Waals surface area contributed by atoms with Crippen LogP contribution >= 0.6 is 0 Å². The molecular weight excluding hydrogens is 451 g/mol. The van der Waals surface area contributed by atoms with Crippen LogP contribution in [0.4, 0.5) is 10.1 Å². The second-order valence-electron chi connectivity index (χ2n) is 9.43. The molecule has 178 valence electrons. The molecule has 5 heteroatoms. The lowest BCUT2D eigenvalue weighted by molar-refractivity contribution is -0.116. The largest absolute Gasteiger partial charge is 0.362 e. The zero-order valence-corrected chi connectivity index (χ0v) is 19.9. The molecule has 1 heterocycles. The van der Waals surface area contributed by atoms with Gasteiger partial charge in [0.05, 0.1) is 5.69 Å². The molecule has 1 unspecified atom stereocenters. The van der Waals surface area contributed by atoms with Gasteiger partial charge in [-0.25, -0.2) is 4.39 Å². The van der Waals surface area contributed by atoms with Crippen LogP contribution < -0.4 is 10.6 Å². The second kappa shape index (κ2) is 8.76. The molecule has 4 nitrogen and oxygen atoms in total. The van der Waals surface area contributed by atoms with Gasteiger partial charge in [-0.05, 0) is 65.1 Å². The molecular formula is C31H25FN2O2. The van der Waals surface area contributed by atoms with Crippen LogP contribution in [0, 0.1) is 5.82 Å². The standard InChI is InChI=1S/C31H25FN2O2/c1-18-27(31(36)34-24-14-7-6-13-23(24)32)30(29-25(33-18)15-8-16-26(29)35)28-21-11-4-2-9-19(21)17-20-10-3-5-12-22(20)28/h2-7,9-14,17,30,33H,8,15-16H2,1H3,(H,34,36). The Balaban J connectivity index is 1.63. The predicted octanol–water partition coefficient (Wildman–Crippen LogP) is 6.74. The van der Waals surface area contributed by atoms with Crippen LogP contribution in [0.25, 0.3) is 21.5 Å². The minimum atomic E-state index is -0.572. The first kappa shape index (κ1) is 22.2. The van der Waals surface area contributed by atoms with E-state index in [1.54, 1.807) is 12.1 Å². The first-order valence-electron chi connectivity index (χ1n) is 12.2. The van der Waals surface area contributed by atoms with Gasteiger partial charge < -0.3 is 10.6 Å². The van der Waals surface area contributed by atoms with E-state index in [1.165, 1.54) is 12.1 Å². The molecule has 0 bridgehead atoms. The van der Waals surface area contributed by atoms with Crippen molar-refractivity contribution in [1.82, 2.24) is 5.32 Å². The number of dihydropyridines is 1. The average molecular weight is 477 g/mol. The Labute approximate surface area is 208 Å². The van der Waals surface area contributed by atoms with Crippen molar-refractivity contribution in [3.8, 4) is 0 Å². The van der Waals surface area contributed by atoms with Crippen LogP contribution in [0.5, 0.6) is 0 Å². The number of carbonyl (C=O) groups is 2. The Hall–Kier alpha value is -4.25. The van der Waals surface area contributed by atoms with Gasteiger partial charge in [0.15, 0.2) is 5.78 Å². The maximum Gasteiger partial charge on any atom is 0.254 e. The van der Waals surface area contributed by atoms with Gasteiger partial charge in [-0.1, -0.05) is 60.7 Å². The number of nitrogens with one attached hydrogen (secondary N) is 2. The number of benzene rings is 4. The first-order chi connectivity index (χ1) is 17.5. The summed E-state index contributed by atoms with van der Waals surface area (Å²) in [5.74, 6) is -1.45. The van der Waals surface area contributed by atoms with Crippen LogP contribution in [0.2, 0.25) is 0 Å². The molecule has 4 aromatic rings. The van der Waals surface area contributed by atoms with E-state index in [4.69, 9.17) is 0 Å². The molecule has 1 atom stereocenters. The van der Waals surface area contributed by atoms with E-state index in [2.05, 4.69) is 28.8 Å². The minimum absolute atomic E-state index is 0.0504. The molecule has 0 spiro atoms. The Kier molecular flexibility index (Phi) is 5.41. The number of anilines is 1. The normalized spacial score (nSPS) is 17.8. The summed E-state index contributed by atoms with van der Waals surface area (Å²) in [5.41, 5.74) is 3.69. The lowest BCUT2D eigenvalue weighted by atomic mass is 9.72. The summed E-state index contributed by atoms with van der Waals surface area (Å²) in [7, 11) is 0. The summed E-state index contributed by atoms with van der Waals surface area (Å²) in [6, 6.07) is 24.4. The molecule has 0 aromatic heterocycles. The van der Waals surface area contributed by atoms with Gasteiger partial charge in [0.1, 0.15) is 5.82 Å². The second-order valence-corrected chi connectivity index (χ2v) is 9.43. The fraction of sp³-hybridized carbons (Fsp3) is 0.161. The summed E-state index contributed by atoms with van der Waals surface area (Å²) in [4.78, 5) is 27.3. The molecule has 0 fully saturated rings. The van der Waals surface area contributed by atoms with E-state index in [0.29, 0.717) is 23.3 Å². The highest BCUT2D eigenvalue weighted by Gasteiger charge is 2.40. The minimum Gasteiger partial charge on any atom is -0.362 e. The number of carbonyl (C=O) groups excluding carboxylic acids is 2. The van der Waals surface area contributed by atoms with Crippen molar-refractivity contribution in [2.45, 2.75) is 32.1 Å². The molecule has 2 aliphatic rings. The summed E-state index contributed by atoms with van der Waals surface area (Å²) in [6.07, 6.45) is 1.97. The number of rotatable bonds is 3. The lowest BCUT2D eigenvalue weighted by Gasteiger charge is -2.35. The molecule has 0 saturated heterocycles. The topological polar surface area (TPSA) is 58.2 Å². The average Bonchev–Trinajstić information content (AvgIpc) is 2.88. The molecule has 1 amide bonds. The molecule has 6 rings (SSSR count). The van der Waals surface area contributed by atoms with Crippen molar-refractivity contribution >= 4 is 38.9 Å². The Morgan fingerprint density at radius 1 is 0.917 bits per heavy atom. The highest BCUT2D eigenvalue weighted by Crippen LogP contribution is 2.47. The van der Waals surface area contributed by atoms with E-state index < -0.39 is 17.6 Å². The van der Waals surface area contributed by atoms with Gasteiger partial charge in [-0.3, -0.25) is 9.59 Å². The van der Waals surface area contributed by atoms with Crippen molar-refractivity contribution in [2.75, 3.05) is 5.32 Å². The molecule has 0 saturated carbocycles.